The molecule has 0 unspecified atom stereocenters. The minimum absolute atomic E-state index is 0.227. The Labute approximate surface area is 82.8 Å². The molecule has 0 aliphatic carbocycles. The summed E-state index contributed by atoms with van der Waals surface area (Å²) >= 11 is 0. The van der Waals surface area contributed by atoms with Gasteiger partial charge >= 0.3 is 5.97 Å². The second kappa shape index (κ2) is 2.70. The lowest BCUT2D eigenvalue weighted by Crippen LogP contribution is -2.38. The lowest BCUT2D eigenvalue weighted by molar-refractivity contribution is -0.136. The largest absolute Gasteiger partial charge is 0.480 e. The number of nitrogens with zero attached hydrogens (tertiary/aromatic N) is 1. The van der Waals surface area contributed by atoms with Gasteiger partial charge in [-0.1, -0.05) is 0 Å². The molecule has 0 saturated carbocycles. The molecular formula is C8H13NO4S. The van der Waals surface area contributed by atoms with Crippen molar-refractivity contribution in [1.82, 2.24) is 4.31 Å². The minimum Gasteiger partial charge on any atom is -0.480 e. The zero-order chi connectivity index (χ0) is 10.6. The number of aliphatic carboxylic acids is 1. The molecule has 0 amide bonds. The lowest BCUT2D eigenvalue weighted by atomic mass is 9.94. The van der Waals surface area contributed by atoms with Crippen molar-refractivity contribution in [1.29, 1.82) is 0 Å². The molecule has 5 nitrogen and oxygen atoms in total. The SMILES string of the molecule is C[C@]12CCCN1S(=O)(=O)[C@@H](C(=O)O)C2. The molecule has 14 heavy (non-hydrogen) atoms. The zero-order valence-corrected chi connectivity index (χ0v) is 8.75. The molecular weight excluding hydrogens is 206 g/mol. The van der Waals surface area contributed by atoms with Gasteiger partial charge in [-0.3, -0.25) is 4.79 Å². The number of fused-ring (bicyclic) bond motifs is 1. The van der Waals surface area contributed by atoms with Crippen molar-refractivity contribution in [3.8, 4) is 0 Å². The smallest absolute Gasteiger partial charge is 0.323 e. The number of rotatable bonds is 1. The highest BCUT2D eigenvalue weighted by Crippen LogP contribution is 2.43. The quantitative estimate of drug-likeness (QED) is 0.675. The van der Waals surface area contributed by atoms with Crippen molar-refractivity contribution in [3.63, 3.8) is 0 Å². The number of hydrogen-bond acceptors (Lipinski definition) is 3. The maximum absolute atomic E-state index is 11.8. The molecule has 2 rings (SSSR count). The van der Waals surface area contributed by atoms with E-state index in [0.717, 1.165) is 12.8 Å². The molecule has 2 saturated heterocycles. The van der Waals surface area contributed by atoms with E-state index < -0.39 is 26.8 Å². The molecule has 2 heterocycles. The van der Waals surface area contributed by atoms with Gasteiger partial charge in [0.2, 0.25) is 10.0 Å². The van der Waals surface area contributed by atoms with E-state index in [4.69, 9.17) is 5.11 Å². The molecule has 6 heteroatoms. The summed E-state index contributed by atoms with van der Waals surface area (Å²) in [5.74, 6) is -1.22. The maximum Gasteiger partial charge on any atom is 0.323 e. The molecule has 0 radical (unpaired) electrons. The van der Waals surface area contributed by atoms with Gasteiger partial charge in [0.1, 0.15) is 0 Å². The van der Waals surface area contributed by atoms with E-state index in [9.17, 15) is 13.2 Å². The summed E-state index contributed by atoms with van der Waals surface area (Å²) in [6.45, 7) is 2.31. The first-order valence-electron chi connectivity index (χ1n) is 4.62. The Morgan fingerprint density at radius 2 is 2.21 bits per heavy atom. The van der Waals surface area contributed by atoms with Crippen LogP contribution in [0.1, 0.15) is 26.2 Å². The van der Waals surface area contributed by atoms with E-state index in [2.05, 4.69) is 0 Å². The molecule has 2 fully saturated rings. The fourth-order valence-corrected chi connectivity index (χ4v) is 4.80. The van der Waals surface area contributed by atoms with Crippen LogP contribution in [0.2, 0.25) is 0 Å². The average molecular weight is 219 g/mol. The van der Waals surface area contributed by atoms with E-state index in [1.165, 1.54) is 4.31 Å². The first-order chi connectivity index (χ1) is 6.38. The van der Waals surface area contributed by atoms with Gasteiger partial charge in [-0.05, 0) is 26.2 Å². The second-order valence-corrected chi connectivity index (χ2v) is 6.29. The summed E-state index contributed by atoms with van der Waals surface area (Å²) in [5, 5.41) is 7.58. The summed E-state index contributed by atoms with van der Waals surface area (Å²) in [7, 11) is -3.59. The molecule has 0 aromatic carbocycles. The predicted molar refractivity (Wildman–Crippen MR) is 49.3 cm³/mol. The normalized spacial score (nSPS) is 41.1. The van der Waals surface area contributed by atoms with Gasteiger partial charge in [-0.2, -0.15) is 4.31 Å². The summed E-state index contributed by atoms with van der Waals surface area (Å²) < 4.78 is 24.9. The van der Waals surface area contributed by atoms with Gasteiger partial charge in [0.15, 0.2) is 5.25 Å². The zero-order valence-electron chi connectivity index (χ0n) is 7.93. The number of hydrogen-bond donors (Lipinski definition) is 1. The summed E-state index contributed by atoms with van der Waals surface area (Å²) in [6, 6.07) is 0. The van der Waals surface area contributed by atoms with Gasteiger partial charge in [-0.25, -0.2) is 8.42 Å². The molecule has 0 aromatic rings. The number of carboxylic acid groups (broad SMARTS) is 1. The summed E-state index contributed by atoms with van der Waals surface area (Å²) in [6.07, 6.45) is 1.84. The Morgan fingerprint density at radius 1 is 1.57 bits per heavy atom. The van der Waals surface area contributed by atoms with E-state index >= 15 is 0 Å². The topological polar surface area (TPSA) is 74.7 Å². The molecule has 80 valence electrons. The molecule has 0 aromatic heterocycles. The van der Waals surface area contributed by atoms with Gasteiger partial charge in [-0.15, -0.1) is 0 Å². The maximum atomic E-state index is 11.8. The van der Waals surface area contributed by atoms with E-state index in [0.29, 0.717) is 6.54 Å². The molecule has 2 aliphatic rings. The van der Waals surface area contributed by atoms with Crippen LogP contribution < -0.4 is 0 Å². The van der Waals surface area contributed by atoms with Crippen molar-refractivity contribution in [3.05, 3.63) is 0 Å². The van der Waals surface area contributed by atoms with Crippen molar-refractivity contribution >= 4 is 16.0 Å². The molecule has 2 atom stereocenters. The monoisotopic (exact) mass is 219 g/mol. The standard InChI is InChI=1S/C8H13NO4S/c1-8-3-2-4-9(8)14(12,13)6(5-8)7(10)11/h6H,2-5H2,1H3,(H,10,11)/t6-,8-/m1/s1. The molecule has 0 bridgehead atoms. The Bertz CT molecular complexity index is 377. The van der Waals surface area contributed by atoms with Crippen molar-refractivity contribution in [2.75, 3.05) is 6.54 Å². The third-order valence-corrected chi connectivity index (χ3v) is 5.57. The lowest BCUT2D eigenvalue weighted by Gasteiger charge is -2.24. The van der Waals surface area contributed by atoms with Crippen LogP contribution in [0.3, 0.4) is 0 Å². The third kappa shape index (κ3) is 1.10. The van der Waals surface area contributed by atoms with Crippen molar-refractivity contribution < 1.29 is 18.3 Å². The van der Waals surface area contributed by atoms with Crippen LogP contribution in [0, 0.1) is 0 Å². The Balaban J connectivity index is 2.44. The van der Waals surface area contributed by atoms with E-state index in [1.807, 2.05) is 6.92 Å². The third-order valence-electron chi connectivity index (χ3n) is 3.25. The van der Waals surface area contributed by atoms with Gasteiger partial charge in [0.25, 0.3) is 0 Å². The first kappa shape index (κ1) is 9.92. The van der Waals surface area contributed by atoms with Crippen LogP contribution in [-0.4, -0.2) is 41.1 Å². The van der Waals surface area contributed by atoms with Crippen molar-refractivity contribution in [2.45, 2.75) is 37.0 Å². The Morgan fingerprint density at radius 3 is 2.71 bits per heavy atom. The average Bonchev–Trinajstić information content (AvgIpc) is 2.50. The van der Waals surface area contributed by atoms with Crippen LogP contribution in [0.15, 0.2) is 0 Å². The number of sulfonamides is 1. The van der Waals surface area contributed by atoms with Gasteiger partial charge in [0, 0.05) is 12.1 Å². The van der Waals surface area contributed by atoms with Gasteiger partial charge < -0.3 is 5.11 Å². The highest BCUT2D eigenvalue weighted by Gasteiger charge is 2.57. The van der Waals surface area contributed by atoms with Crippen LogP contribution >= 0.6 is 0 Å². The van der Waals surface area contributed by atoms with E-state index in [-0.39, 0.29) is 6.42 Å². The van der Waals surface area contributed by atoms with Crippen LogP contribution in [0.25, 0.3) is 0 Å². The van der Waals surface area contributed by atoms with Crippen LogP contribution in [-0.2, 0) is 14.8 Å². The molecule has 2 aliphatic heterocycles. The summed E-state index contributed by atoms with van der Waals surface area (Å²) in [5.41, 5.74) is -0.443. The Kier molecular flexibility index (Phi) is 1.91. The number of carboxylic acids is 1. The second-order valence-electron chi connectivity index (χ2n) is 4.25. The van der Waals surface area contributed by atoms with Gasteiger partial charge in [0.05, 0.1) is 0 Å². The Hall–Kier alpha value is -0.620. The van der Waals surface area contributed by atoms with E-state index in [1.54, 1.807) is 0 Å². The van der Waals surface area contributed by atoms with Crippen LogP contribution in [0.4, 0.5) is 0 Å². The highest BCUT2D eigenvalue weighted by molar-refractivity contribution is 7.90. The summed E-state index contributed by atoms with van der Waals surface area (Å²) in [4.78, 5) is 10.8. The highest BCUT2D eigenvalue weighted by atomic mass is 32.2. The predicted octanol–water partition coefficient (Wildman–Crippen LogP) is 0.0276. The fourth-order valence-electron chi connectivity index (χ4n) is 2.51. The minimum atomic E-state index is -3.59. The fraction of sp³-hybridized carbons (Fsp3) is 0.875. The van der Waals surface area contributed by atoms with Crippen molar-refractivity contribution in [2.24, 2.45) is 0 Å². The van der Waals surface area contributed by atoms with Crippen LogP contribution in [0.5, 0.6) is 0 Å². The first-order valence-corrected chi connectivity index (χ1v) is 6.13. The molecule has 0 spiro atoms. The number of carbonyl (C=O) groups is 1. The molecule has 1 N–H and O–H groups in total.